The second kappa shape index (κ2) is 6.22. The molecule has 0 radical (unpaired) electrons. The minimum Gasteiger partial charge on any atom is -0.468 e. The molecule has 0 aromatic carbocycles. The van der Waals surface area contributed by atoms with Gasteiger partial charge in [-0.25, -0.2) is 0 Å². The molecule has 0 saturated carbocycles. The van der Waals surface area contributed by atoms with E-state index in [2.05, 4.69) is 17.9 Å². The van der Waals surface area contributed by atoms with Gasteiger partial charge < -0.3 is 10.2 Å². The van der Waals surface area contributed by atoms with Crippen LogP contribution >= 0.6 is 0 Å². The van der Waals surface area contributed by atoms with E-state index in [0.29, 0.717) is 6.04 Å². The maximum absolute atomic E-state index is 5.67. The van der Waals surface area contributed by atoms with E-state index in [0.717, 1.165) is 31.1 Å². The van der Waals surface area contributed by atoms with Gasteiger partial charge in [0.2, 0.25) is 0 Å². The third-order valence-corrected chi connectivity index (χ3v) is 3.82. The summed E-state index contributed by atoms with van der Waals surface area (Å²) in [5, 5.41) is 0. The molecular formula is C14H24N2O. The lowest BCUT2D eigenvalue weighted by atomic mass is 9.93. The van der Waals surface area contributed by atoms with Crippen LogP contribution in [0.1, 0.15) is 44.4 Å². The Balaban J connectivity index is 1.99. The number of hydrogen-bond acceptors (Lipinski definition) is 3. The van der Waals surface area contributed by atoms with Crippen LogP contribution in [0.4, 0.5) is 0 Å². The van der Waals surface area contributed by atoms with Crippen LogP contribution in [0.15, 0.2) is 22.8 Å². The number of hydrogen-bond donors (Lipinski definition) is 1. The summed E-state index contributed by atoms with van der Waals surface area (Å²) in [5.74, 6) is 1.89. The average Bonchev–Trinajstić information content (AvgIpc) is 2.85. The molecule has 2 rings (SSSR count). The van der Waals surface area contributed by atoms with Gasteiger partial charge in [-0.3, -0.25) is 4.90 Å². The van der Waals surface area contributed by atoms with Gasteiger partial charge >= 0.3 is 0 Å². The summed E-state index contributed by atoms with van der Waals surface area (Å²) in [7, 11) is 0. The second-order valence-corrected chi connectivity index (χ2v) is 5.02. The molecule has 0 aliphatic carbocycles. The summed E-state index contributed by atoms with van der Waals surface area (Å²) < 4.78 is 5.57. The first kappa shape index (κ1) is 12.7. The van der Waals surface area contributed by atoms with Crippen LogP contribution in [0, 0.1) is 5.92 Å². The predicted molar refractivity (Wildman–Crippen MR) is 69.7 cm³/mol. The molecule has 1 saturated heterocycles. The molecule has 0 amide bonds. The summed E-state index contributed by atoms with van der Waals surface area (Å²) >= 11 is 0. The van der Waals surface area contributed by atoms with Crippen molar-refractivity contribution in [2.45, 2.75) is 38.6 Å². The van der Waals surface area contributed by atoms with Crippen molar-refractivity contribution in [2.75, 3.05) is 19.6 Å². The van der Waals surface area contributed by atoms with Crippen molar-refractivity contribution in [1.82, 2.24) is 4.90 Å². The molecule has 2 N–H and O–H groups in total. The van der Waals surface area contributed by atoms with Gasteiger partial charge in [0.15, 0.2) is 0 Å². The van der Waals surface area contributed by atoms with Crippen molar-refractivity contribution in [1.29, 1.82) is 0 Å². The van der Waals surface area contributed by atoms with Crippen LogP contribution in [-0.4, -0.2) is 24.5 Å². The summed E-state index contributed by atoms with van der Waals surface area (Å²) in [6.45, 7) is 5.42. The van der Waals surface area contributed by atoms with E-state index >= 15 is 0 Å². The van der Waals surface area contributed by atoms with Crippen LogP contribution in [-0.2, 0) is 0 Å². The van der Waals surface area contributed by atoms with Gasteiger partial charge in [0, 0.05) is 6.54 Å². The van der Waals surface area contributed by atoms with Crippen LogP contribution in [0.2, 0.25) is 0 Å². The maximum Gasteiger partial charge on any atom is 0.120 e. The van der Waals surface area contributed by atoms with Crippen LogP contribution < -0.4 is 5.73 Å². The highest BCUT2D eigenvalue weighted by Gasteiger charge is 2.26. The van der Waals surface area contributed by atoms with Crippen molar-refractivity contribution >= 4 is 0 Å². The van der Waals surface area contributed by atoms with Gasteiger partial charge in [-0.2, -0.15) is 0 Å². The molecule has 3 nitrogen and oxygen atoms in total. The van der Waals surface area contributed by atoms with Gasteiger partial charge in [-0.1, -0.05) is 6.92 Å². The Bertz CT molecular complexity index is 308. The van der Waals surface area contributed by atoms with Crippen molar-refractivity contribution < 1.29 is 4.42 Å². The van der Waals surface area contributed by atoms with E-state index in [9.17, 15) is 0 Å². The van der Waals surface area contributed by atoms with Crippen molar-refractivity contribution in [3.63, 3.8) is 0 Å². The average molecular weight is 236 g/mol. The zero-order chi connectivity index (χ0) is 12.1. The third kappa shape index (κ3) is 3.11. The number of piperidine rings is 1. The lowest BCUT2D eigenvalue weighted by Gasteiger charge is -2.37. The number of nitrogens with two attached hydrogens (primary N) is 1. The fourth-order valence-electron chi connectivity index (χ4n) is 2.97. The van der Waals surface area contributed by atoms with E-state index in [-0.39, 0.29) is 0 Å². The van der Waals surface area contributed by atoms with Gasteiger partial charge in [0.1, 0.15) is 5.76 Å². The van der Waals surface area contributed by atoms with E-state index in [4.69, 9.17) is 10.2 Å². The van der Waals surface area contributed by atoms with E-state index in [1.807, 2.05) is 6.07 Å². The highest BCUT2D eigenvalue weighted by atomic mass is 16.3. The molecule has 1 fully saturated rings. The molecule has 2 unspecified atom stereocenters. The van der Waals surface area contributed by atoms with Crippen molar-refractivity contribution in [2.24, 2.45) is 11.7 Å². The second-order valence-electron chi connectivity index (χ2n) is 5.02. The Hall–Kier alpha value is -0.800. The first-order valence-corrected chi connectivity index (χ1v) is 6.82. The smallest absolute Gasteiger partial charge is 0.120 e. The largest absolute Gasteiger partial charge is 0.468 e. The topological polar surface area (TPSA) is 42.4 Å². The van der Waals surface area contributed by atoms with Crippen LogP contribution in [0.3, 0.4) is 0 Å². The lowest BCUT2D eigenvalue weighted by Crippen LogP contribution is -2.38. The minimum absolute atomic E-state index is 0.450. The van der Waals surface area contributed by atoms with E-state index in [1.54, 1.807) is 6.26 Å². The van der Waals surface area contributed by atoms with Crippen LogP contribution in [0.25, 0.3) is 0 Å². The Morgan fingerprint density at radius 2 is 2.47 bits per heavy atom. The van der Waals surface area contributed by atoms with Gasteiger partial charge in [-0.05, 0) is 56.8 Å². The van der Waals surface area contributed by atoms with E-state index in [1.165, 1.54) is 25.9 Å². The Morgan fingerprint density at radius 1 is 1.59 bits per heavy atom. The monoisotopic (exact) mass is 236 g/mol. The molecule has 0 bridgehead atoms. The number of likely N-dealkylation sites (tertiary alicyclic amines) is 1. The Morgan fingerprint density at radius 3 is 3.12 bits per heavy atom. The first-order chi connectivity index (χ1) is 8.35. The van der Waals surface area contributed by atoms with Gasteiger partial charge in [0.25, 0.3) is 0 Å². The molecule has 1 aliphatic rings. The van der Waals surface area contributed by atoms with Crippen molar-refractivity contribution in [3.05, 3.63) is 24.2 Å². The third-order valence-electron chi connectivity index (χ3n) is 3.82. The quantitative estimate of drug-likeness (QED) is 0.854. The molecule has 1 aliphatic heterocycles. The lowest BCUT2D eigenvalue weighted by molar-refractivity contribution is 0.104. The Kier molecular flexibility index (Phi) is 4.63. The van der Waals surface area contributed by atoms with Gasteiger partial charge in [-0.15, -0.1) is 0 Å². The molecule has 1 aromatic rings. The van der Waals surface area contributed by atoms with Gasteiger partial charge in [0.05, 0.1) is 12.3 Å². The normalized spacial score (nSPS) is 23.8. The molecule has 0 spiro atoms. The zero-order valence-electron chi connectivity index (χ0n) is 10.8. The highest BCUT2D eigenvalue weighted by molar-refractivity contribution is 5.05. The molecule has 96 valence electrons. The van der Waals surface area contributed by atoms with Crippen LogP contribution in [0.5, 0.6) is 0 Å². The fraction of sp³-hybridized carbons (Fsp3) is 0.714. The summed E-state index contributed by atoms with van der Waals surface area (Å²) in [4.78, 5) is 2.57. The molecule has 2 heterocycles. The summed E-state index contributed by atoms with van der Waals surface area (Å²) in [6.07, 6.45) is 6.68. The predicted octanol–water partition coefficient (Wildman–Crippen LogP) is 2.79. The number of rotatable bonds is 5. The fourth-order valence-corrected chi connectivity index (χ4v) is 2.97. The summed E-state index contributed by atoms with van der Waals surface area (Å²) in [6, 6.07) is 4.53. The Labute approximate surface area is 104 Å². The first-order valence-electron chi connectivity index (χ1n) is 6.82. The zero-order valence-corrected chi connectivity index (χ0v) is 10.8. The number of furan rings is 1. The SMILES string of the molecule is CCC(c1ccco1)N1CCCC(CCN)C1. The minimum atomic E-state index is 0.450. The standard InChI is InChI=1S/C14H24N2O/c1-2-13(14-6-4-10-17-14)16-9-3-5-12(11-16)7-8-15/h4,6,10,12-13H,2-3,5,7-9,11,15H2,1H3. The van der Waals surface area contributed by atoms with E-state index < -0.39 is 0 Å². The number of nitrogens with zero attached hydrogens (tertiary/aromatic N) is 1. The molecule has 2 atom stereocenters. The molecule has 17 heavy (non-hydrogen) atoms. The summed E-state index contributed by atoms with van der Waals surface area (Å²) in [5.41, 5.74) is 5.67. The molecule has 3 heteroatoms. The highest BCUT2D eigenvalue weighted by Crippen LogP contribution is 2.30. The van der Waals surface area contributed by atoms with Crippen molar-refractivity contribution in [3.8, 4) is 0 Å². The maximum atomic E-state index is 5.67. The molecule has 1 aromatic heterocycles. The molecular weight excluding hydrogens is 212 g/mol.